The number of aromatic nitrogens is 2. The molecule has 0 bridgehead atoms. The summed E-state index contributed by atoms with van der Waals surface area (Å²) < 4.78 is 2.23. The van der Waals surface area contributed by atoms with Gasteiger partial charge in [0.2, 0.25) is 0 Å². The van der Waals surface area contributed by atoms with E-state index in [0.29, 0.717) is 5.56 Å². The molecule has 3 aromatic rings. The van der Waals surface area contributed by atoms with Gasteiger partial charge in [0.05, 0.1) is 6.21 Å². The third-order valence-electron chi connectivity index (χ3n) is 4.40. The molecule has 26 heavy (non-hydrogen) atoms. The van der Waals surface area contributed by atoms with E-state index >= 15 is 0 Å². The van der Waals surface area contributed by atoms with Crippen LogP contribution in [-0.4, -0.2) is 21.7 Å². The van der Waals surface area contributed by atoms with Gasteiger partial charge in [-0.15, -0.1) is 0 Å². The number of nitrogens with zero attached hydrogens (tertiary/aromatic N) is 3. The first kappa shape index (κ1) is 17.6. The van der Waals surface area contributed by atoms with Crippen molar-refractivity contribution in [1.29, 1.82) is 0 Å². The average molecular weight is 346 g/mol. The fraction of sp³-hybridized carbons (Fsp3) is 0.190. The molecule has 0 aliphatic heterocycles. The number of para-hydroxylation sites is 1. The molecule has 5 heteroatoms. The molecule has 0 aliphatic rings. The lowest BCUT2D eigenvalue weighted by atomic mass is 10.1. The number of carbonyl (C=O) groups excluding carboxylic acids is 1. The summed E-state index contributed by atoms with van der Waals surface area (Å²) in [7, 11) is 0. The summed E-state index contributed by atoms with van der Waals surface area (Å²) in [6.45, 7) is 6.29. The normalized spacial score (nSPS) is 11.0. The summed E-state index contributed by atoms with van der Waals surface area (Å²) >= 11 is 0. The minimum Gasteiger partial charge on any atom is -0.318 e. The van der Waals surface area contributed by atoms with Gasteiger partial charge < -0.3 is 4.57 Å². The summed E-state index contributed by atoms with van der Waals surface area (Å²) in [5.74, 6) is -0.256. The van der Waals surface area contributed by atoms with E-state index in [-0.39, 0.29) is 5.91 Å². The molecule has 0 atom stereocenters. The summed E-state index contributed by atoms with van der Waals surface area (Å²) in [6.07, 6.45) is 5.82. The van der Waals surface area contributed by atoms with Crippen LogP contribution in [0.5, 0.6) is 0 Å². The van der Waals surface area contributed by atoms with Crippen molar-refractivity contribution < 1.29 is 4.79 Å². The van der Waals surface area contributed by atoms with E-state index in [1.807, 2.05) is 0 Å². The highest BCUT2D eigenvalue weighted by molar-refractivity contribution is 5.94. The highest BCUT2D eigenvalue weighted by Crippen LogP contribution is 2.23. The third kappa shape index (κ3) is 3.57. The molecule has 1 N–H and O–H groups in total. The zero-order valence-electron chi connectivity index (χ0n) is 15.2. The summed E-state index contributed by atoms with van der Waals surface area (Å²) in [5.41, 5.74) is 8.76. The number of aryl methyl sites for hydroxylation is 2. The number of pyridine rings is 1. The Morgan fingerprint density at radius 3 is 2.65 bits per heavy atom. The molecule has 1 aromatic carbocycles. The molecule has 2 aromatic heterocycles. The van der Waals surface area contributed by atoms with Crippen LogP contribution in [0.15, 0.2) is 60.0 Å². The summed E-state index contributed by atoms with van der Waals surface area (Å²) in [5, 5.41) is 4.11. The van der Waals surface area contributed by atoms with Crippen molar-refractivity contribution in [2.24, 2.45) is 5.10 Å². The maximum Gasteiger partial charge on any atom is 0.271 e. The maximum absolute atomic E-state index is 12.0. The molecule has 0 fully saturated rings. The zero-order valence-corrected chi connectivity index (χ0v) is 15.2. The first-order valence-electron chi connectivity index (χ1n) is 8.62. The second-order valence-electron chi connectivity index (χ2n) is 6.08. The lowest BCUT2D eigenvalue weighted by Crippen LogP contribution is -2.17. The van der Waals surface area contributed by atoms with Crippen molar-refractivity contribution in [3.8, 4) is 5.69 Å². The molecule has 3 rings (SSSR count). The lowest BCUT2D eigenvalue weighted by Gasteiger charge is -2.13. The number of benzene rings is 1. The monoisotopic (exact) mass is 346 g/mol. The highest BCUT2D eigenvalue weighted by Gasteiger charge is 2.12. The quantitative estimate of drug-likeness (QED) is 0.564. The van der Waals surface area contributed by atoms with E-state index in [1.165, 1.54) is 11.3 Å². The second-order valence-corrected chi connectivity index (χ2v) is 6.08. The minimum absolute atomic E-state index is 0.256. The van der Waals surface area contributed by atoms with Gasteiger partial charge in [-0.1, -0.05) is 25.1 Å². The summed E-state index contributed by atoms with van der Waals surface area (Å²) in [4.78, 5) is 15.9. The van der Waals surface area contributed by atoms with Crippen LogP contribution in [-0.2, 0) is 6.42 Å². The van der Waals surface area contributed by atoms with Crippen LogP contribution in [0.1, 0.15) is 39.8 Å². The number of nitrogens with one attached hydrogen (secondary N) is 1. The number of hydrogen-bond donors (Lipinski definition) is 1. The van der Waals surface area contributed by atoms with E-state index in [9.17, 15) is 4.79 Å². The number of rotatable bonds is 5. The predicted molar refractivity (Wildman–Crippen MR) is 104 cm³/mol. The molecule has 2 heterocycles. The van der Waals surface area contributed by atoms with Crippen LogP contribution in [0, 0.1) is 13.8 Å². The largest absolute Gasteiger partial charge is 0.318 e. The van der Waals surface area contributed by atoms with Crippen molar-refractivity contribution in [2.75, 3.05) is 0 Å². The van der Waals surface area contributed by atoms with Crippen molar-refractivity contribution in [3.05, 3.63) is 82.9 Å². The van der Waals surface area contributed by atoms with Gasteiger partial charge in [0.25, 0.3) is 5.91 Å². The van der Waals surface area contributed by atoms with Crippen molar-refractivity contribution in [1.82, 2.24) is 15.0 Å². The van der Waals surface area contributed by atoms with Crippen LogP contribution in [0.25, 0.3) is 5.69 Å². The van der Waals surface area contributed by atoms with Crippen LogP contribution in [0.2, 0.25) is 0 Å². The van der Waals surface area contributed by atoms with Crippen LogP contribution in [0.3, 0.4) is 0 Å². The van der Waals surface area contributed by atoms with E-state index in [1.54, 1.807) is 30.7 Å². The Hall–Kier alpha value is -3.21. The first-order chi connectivity index (χ1) is 12.6. The molecule has 0 radical (unpaired) electrons. The molecule has 0 spiro atoms. The van der Waals surface area contributed by atoms with Crippen LogP contribution < -0.4 is 5.43 Å². The molecule has 132 valence electrons. The Bertz CT molecular complexity index is 942. The molecular formula is C21H22N4O. The van der Waals surface area contributed by atoms with E-state index < -0.39 is 0 Å². The smallest absolute Gasteiger partial charge is 0.271 e. The SMILES string of the molecule is CCc1ccccc1-n1c(C)cc(/C=N\NC(=O)c2ccncc2)c1C. The molecule has 0 saturated heterocycles. The van der Waals surface area contributed by atoms with Gasteiger partial charge in [0, 0.05) is 40.6 Å². The van der Waals surface area contributed by atoms with Crippen LogP contribution in [0.4, 0.5) is 0 Å². The van der Waals surface area contributed by atoms with E-state index in [4.69, 9.17) is 0 Å². The topological polar surface area (TPSA) is 59.3 Å². The Labute approximate surface area is 153 Å². The standard InChI is InChI=1S/C21H22N4O/c1-4-17-7-5-6-8-20(17)25-15(2)13-19(16(25)3)14-23-24-21(26)18-9-11-22-12-10-18/h5-14H,4H2,1-3H3,(H,24,26)/b23-14-. The van der Waals surface area contributed by atoms with Crippen molar-refractivity contribution in [3.63, 3.8) is 0 Å². The van der Waals surface area contributed by atoms with Gasteiger partial charge in [-0.2, -0.15) is 5.10 Å². The Morgan fingerprint density at radius 2 is 1.92 bits per heavy atom. The molecule has 0 aliphatic carbocycles. The number of hydrogen-bond acceptors (Lipinski definition) is 3. The Morgan fingerprint density at radius 1 is 1.19 bits per heavy atom. The van der Waals surface area contributed by atoms with Crippen molar-refractivity contribution >= 4 is 12.1 Å². The van der Waals surface area contributed by atoms with Gasteiger partial charge in [-0.05, 0) is 50.1 Å². The zero-order chi connectivity index (χ0) is 18.5. The van der Waals surface area contributed by atoms with Gasteiger partial charge in [0.1, 0.15) is 0 Å². The minimum atomic E-state index is -0.256. The maximum atomic E-state index is 12.0. The number of carbonyl (C=O) groups is 1. The molecule has 0 saturated carbocycles. The fourth-order valence-electron chi connectivity index (χ4n) is 3.05. The van der Waals surface area contributed by atoms with Crippen molar-refractivity contribution in [2.45, 2.75) is 27.2 Å². The van der Waals surface area contributed by atoms with Gasteiger partial charge in [-0.3, -0.25) is 9.78 Å². The van der Waals surface area contributed by atoms with Gasteiger partial charge in [-0.25, -0.2) is 5.43 Å². The first-order valence-corrected chi connectivity index (χ1v) is 8.62. The Kier molecular flexibility index (Phi) is 5.27. The van der Waals surface area contributed by atoms with Gasteiger partial charge >= 0.3 is 0 Å². The summed E-state index contributed by atoms with van der Waals surface area (Å²) in [6, 6.07) is 13.8. The van der Waals surface area contributed by atoms with E-state index in [0.717, 1.165) is 23.4 Å². The molecule has 0 unspecified atom stereocenters. The van der Waals surface area contributed by atoms with Crippen LogP contribution >= 0.6 is 0 Å². The van der Waals surface area contributed by atoms with E-state index in [2.05, 4.69) is 71.2 Å². The molecule has 5 nitrogen and oxygen atoms in total. The fourth-order valence-corrected chi connectivity index (χ4v) is 3.05. The lowest BCUT2D eigenvalue weighted by molar-refractivity contribution is 0.0955. The number of hydrazone groups is 1. The third-order valence-corrected chi connectivity index (χ3v) is 4.40. The predicted octanol–water partition coefficient (Wildman–Crippen LogP) is 3.82. The molecular weight excluding hydrogens is 324 g/mol. The number of amides is 1. The second kappa shape index (κ2) is 7.78. The molecule has 1 amide bonds. The Balaban J connectivity index is 1.83. The highest BCUT2D eigenvalue weighted by atomic mass is 16.2. The average Bonchev–Trinajstić information content (AvgIpc) is 2.95. The van der Waals surface area contributed by atoms with Gasteiger partial charge in [0.15, 0.2) is 0 Å².